The lowest BCUT2D eigenvalue weighted by atomic mass is 10.1. The molecule has 0 unspecified atom stereocenters. The molecule has 1 aromatic carbocycles. The van der Waals surface area contributed by atoms with E-state index in [9.17, 15) is 19.2 Å². The first-order chi connectivity index (χ1) is 11.8. The minimum Gasteiger partial charge on any atom is -0.464 e. The molecule has 136 valence electrons. The Morgan fingerprint density at radius 1 is 1.04 bits per heavy atom. The minimum atomic E-state index is -0.393. The molecule has 0 heterocycles. The molecule has 25 heavy (non-hydrogen) atoms. The molecule has 0 bridgehead atoms. The summed E-state index contributed by atoms with van der Waals surface area (Å²) < 4.78 is 9.89. The Bertz CT molecular complexity index is 624. The third-order valence-electron chi connectivity index (χ3n) is 3.17. The standard InChI is InChI=1S/C17H22N2O6/c1-12(21)18-17-10-16(5-4-15(17)11-20)19(6-8-24-13(2)22)7-9-25-14(3)23/h4-5,10-11H,6-9H2,1-3H3,(H,18,21). The van der Waals surface area contributed by atoms with Crippen LogP contribution in [0.5, 0.6) is 0 Å². The second kappa shape index (κ2) is 10.1. The number of rotatable bonds is 9. The molecule has 0 saturated carbocycles. The Hall–Kier alpha value is -2.90. The van der Waals surface area contributed by atoms with E-state index < -0.39 is 11.9 Å². The van der Waals surface area contributed by atoms with Crippen LogP contribution in [0.25, 0.3) is 0 Å². The summed E-state index contributed by atoms with van der Waals surface area (Å²) in [6.45, 7) is 5.01. The molecule has 8 nitrogen and oxygen atoms in total. The van der Waals surface area contributed by atoms with E-state index in [1.54, 1.807) is 18.2 Å². The van der Waals surface area contributed by atoms with Gasteiger partial charge >= 0.3 is 11.9 Å². The summed E-state index contributed by atoms with van der Waals surface area (Å²) in [5, 5.41) is 2.60. The molecule has 1 amide bonds. The van der Waals surface area contributed by atoms with Gasteiger partial charge in [0.05, 0.1) is 18.8 Å². The zero-order chi connectivity index (χ0) is 18.8. The van der Waals surface area contributed by atoms with Crippen LogP contribution < -0.4 is 10.2 Å². The maximum Gasteiger partial charge on any atom is 0.302 e. The number of carbonyl (C=O) groups excluding carboxylic acids is 4. The van der Waals surface area contributed by atoms with Crippen molar-refractivity contribution in [1.29, 1.82) is 0 Å². The summed E-state index contributed by atoms with van der Waals surface area (Å²) >= 11 is 0. The fraction of sp³-hybridized carbons (Fsp3) is 0.412. The van der Waals surface area contributed by atoms with E-state index in [1.165, 1.54) is 20.8 Å². The third kappa shape index (κ3) is 7.47. The van der Waals surface area contributed by atoms with Crippen molar-refractivity contribution in [3.8, 4) is 0 Å². The van der Waals surface area contributed by atoms with Crippen LogP contribution in [-0.2, 0) is 23.9 Å². The largest absolute Gasteiger partial charge is 0.464 e. The number of aldehydes is 1. The van der Waals surface area contributed by atoms with Crippen molar-refractivity contribution in [2.45, 2.75) is 20.8 Å². The number of ether oxygens (including phenoxy) is 2. The summed E-state index contributed by atoms with van der Waals surface area (Å²) in [5.41, 5.74) is 1.41. The fourth-order valence-electron chi connectivity index (χ4n) is 2.11. The second-order valence-electron chi connectivity index (χ2n) is 5.24. The van der Waals surface area contributed by atoms with Gasteiger partial charge in [0.1, 0.15) is 13.2 Å². The van der Waals surface area contributed by atoms with E-state index in [0.29, 0.717) is 36.3 Å². The Balaban J connectivity index is 2.96. The van der Waals surface area contributed by atoms with E-state index in [1.807, 2.05) is 4.90 Å². The molecule has 1 N–H and O–H groups in total. The molecule has 0 aliphatic heterocycles. The molecule has 1 rings (SSSR count). The Kier molecular flexibility index (Phi) is 8.11. The average Bonchev–Trinajstić information content (AvgIpc) is 2.52. The predicted octanol–water partition coefficient (Wildman–Crippen LogP) is 1.39. The number of anilines is 2. The van der Waals surface area contributed by atoms with Crippen molar-refractivity contribution in [2.75, 3.05) is 36.5 Å². The van der Waals surface area contributed by atoms with Crippen LogP contribution in [0.4, 0.5) is 11.4 Å². The lowest BCUT2D eigenvalue weighted by molar-refractivity contribution is -0.141. The normalized spacial score (nSPS) is 9.88. The highest BCUT2D eigenvalue weighted by atomic mass is 16.5. The maximum atomic E-state index is 11.3. The zero-order valence-corrected chi connectivity index (χ0v) is 14.5. The van der Waals surface area contributed by atoms with Crippen LogP contribution in [0.1, 0.15) is 31.1 Å². The zero-order valence-electron chi connectivity index (χ0n) is 14.5. The minimum absolute atomic E-state index is 0.153. The monoisotopic (exact) mass is 350 g/mol. The first-order valence-electron chi connectivity index (χ1n) is 7.72. The summed E-state index contributed by atoms with van der Waals surface area (Å²) in [7, 11) is 0. The van der Waals surface area contributed by atoms with Gasteiger partial charge in [0.15, 0.2) is 6.29 Å². The van der Waals surface area contributed by atoms with E-state index in [-0.39, 0.29) is 19.1 Å². The van der Waals surface area contributed by atoms with Gasteiger partial charge in [-0.3, -0.25) is 19.2 Å². The SMILES string of the molecule is CC(=O)Nc1cc(N(CCOC(C)=O)CCOC(C)=O)ccc1C=O. The van der Waals surface area contributed by atoms with Crippen molar-refractivity contribution in [3.63, 3.8) is 0 Å². The second-order valence-corrected chi connectivity index (χ2v) is 5.24. The van der Waals surface area contributed by atoms with Crippen LogP contribution in [0.3, 0.4) is 0 Å². The molecule has 0 atom stereocenters. The maximum absolute atomic E-state index is 11.3. The summed E-state index contributed by atoms with van der Waals surface area (Å²) in [6, 6.07) is 4.93. The molecule has 1 aromatic rings. The van der Waals surface area contributed by atoms with Gasteiger partial charge in [-0.1, -0.05) is 0 Å². The number of nitrogens with one attached hydrogen (secondary N) is 1. The Morgan fingerprint density at radius 2 is 1.60 bits per heavy atom. The Morgan fingerprint density at radius 3 is 2.04 bits per heavy atom. The summed E-state index contributed by atoms with van der Waals surface area (Å²) in [4.78, 5) is 46.1. The third-order valence-corrected chi connectivity index (χ3v) is 3.17. The summed E-state index contributed by atoms with van der Waals surface area (Å²) in [6.07, 6.45) is 0.650. The van der Waals surface area contributed by atoms with Crippen molar-refractivity contribution in [1.82, 2.24) is 0 Å². The number of hydrogen-bond donors (Lipinski definition) is 1. The predicted molar refractivity (Wildman–Crippen MR) is 91.6 cm³/mol. The number of carbonyl (C=O) groups is 4. The van der Waals surface area contributed by atoms with Gasteiger partial charge < -0.3 is 19.7 Å². The number of benzene rings is 1. The lowest BCUT2D eigenvalue weighted by Gasteiger charge is -2.25. The molecule has 0 aromatic heterocycles. The van der Waals surface area contributed by atoms with E-state index in [4.69, 9.17) is 9.47 Å². The van der Waals surface area contributed by atoms with Crippen LogP contribution in [0.2, 0.25) is 0 Å². The highest BCUT2D eigenvalue weighted by Crippen LogP contribution is 2.23. The first-order valence-corrected chi connectivity index (χ1v) is 7.72. The number of nitrogens with zero attached hydrogens (tertiary/aromatic N) is 1. The molecule has 0 aliphatic rings. The van der Waals surface area contributed by atoms with Gasteiger partial charge in [0, 0.05) is 32.0 Å². The Labute approximate surface area is 146 Å². The van der Waals surface area contributed by atoms with Crippen molar-refractivity contribution in [2.24, 2.45) is 0 Å². The van der Waals surface area contributed by atoms with Gasteiger partial charge in [-0.25, -0.2) is 0 Å². The molecule has 0 fully saturated rings. The molecular weight excluding hydrogens is 328 g/mol. The molecule has 0 spiro atoms. The number of amides is 1. The van der Waals surface area contributed by atoms with Crippen molar-refractivity contribution in [3.05, 3.63) is 23.8 Å². The molecule has 0 saturated heterocycles. The lowest BCUT2D eigenvalue weighted by Crippen LogP contribution is -2.32. The van der Waals surface area contributed by atoms with Crippen LogP contribution in [0, 0.1) is 0 Å². The average molecular weight is 350 g/mol. The van der Waals surface area contributed by atoms with Crippen LogP contribution >= 0.6 is 0 Å². The number of hydrogen-bond acceptors (Lipinski definition) is 7. The van der Waals surface area contributed by atoms with E-state index in [0.717, 1.165) is 0 Å². The van der Waals surface area contributed by atoms with Gasteiger partial charge in [0.25, 0.3) is 0 Å². The van der Waals surface area contributed by atoms with Gasteiger partial charge in [0.2, 0.25) is 5.91 Å². The highest BCUT2D eigenvalue weighted by molar-refractivity contribution is 5.96. The summed E-state index contributed by atoms with van der Waals surface area (Å²) in [5.74, 6) is -1.09. The van der Waals surface area contributed by atoms with Crippen LogP contribution in [0.15, 0.2) is 18.2 Å². The van der Waals surface area contributed by atoms with Gasteiger partial charge in [-0.2, -0.15) is 0 Å². The molecular formula is C17H22N2O6. The first kappa shape index (κ1) is 20.1. The molecule has 8 heteroatoms. The highest BCUT2D eigenvalue weighted by Gasteiger charge is 2.12. The smallest absolute Gasteiger partial charge is 0.302 e. The quantitative estimate of drug-likeness (QED) is 0.530. The fourth-order valence-corrected chi connectivity index (χ4v) is 2.11. The van der Waals surface area contributed by atoms with Gasteiger partial charge in [-0.15, -0.1) is 0 Å². The van der Waals surface area contributed by atoms with E-state index >= 15 is 0 Å². The van der Waals surface area contributed by atoms with Gasteiger partial charge in [-0.05, 0) is 18.2 Å². The molecule has 0 aliphatic carbocycles. The van der Waals surface area contributed by atoms with Crippen LogP contribution in [-0.4, -0.2) is 50.4 Å². The molecule has 0 radical (unpaired) electrons. The van der Waals surface area contributed by atoms with Crippen molar-refractivity contribution < 1.29 is 28.7 Å². The number of esters is 2. The topological polar surface area (TPSA) is 102 Å². The van der Waals surface area contributed by atoms with E-state index in [2.05, 4.69) is 5.32 Å². The van der Waals surface area contributed by atoms with Crippen molar-refractivity contribution >= 4 is 35.5 Å².